The quantitative estimate of drug-likeness (QED) is 0.343. The van der Waals surface area contributed by atoms with Crippen molar-refractivity contribution < 1.29 is 17.6 Å². The zero-order valence-corrected chi connectivity index (χ0v) is 21.1. The molecule has 0 aliphatic heterocycles. The average molecular weight is 521 g/mol. The Morgan fingerprint density at radius 2 is 1.76 bits per heavy atom. The summed E-state index contributed by atoms with van der Waals surface area (Å²) in [5.41, 5.74) is 2.09. The maximum atomic E-state index is 13.4. The number of nitrogens with zero attached hydrogens (tertiary/aromatic N) is 1. The van der Waals surface area contributed by atoms with E-state index >= 15 is 0 Å². The monoisotopic (exact) mass is 520 g/mol. The number of thioether (sulfide) groups is 1. The molecule has 3 aromatic carbocycles. The SMILES string of the molecule is Cc1cc(Cl)ccc1N(CC(=O)NCCCSCc1ccc(F)cc1)S(=O)(=O)c1ccccc1. The predicted octanol–water partition coefficient (Wildman–Crippen LogP) is 5.42. The fraction of sp³-hybridized carbons (Fsp3) is 0.240. The van der Waals surface area contributed by atoms with Crippen LogP contribution in [0, 0.1) is 12.7 Å². The van der Waals surface area contributed by atoms with Crippen molar-refractivity contribution in [3.05, 3.63) is 94.8 Å². The molecule has 0 saturated carbocycles. The molecular weight excluding hydrogens is 495 g/mol. The maximum Gasteiger partial charge on any atom is 0.264 e. The average Bonchev–Trinajstić information content (AvgIpc) is 2.82. The summed E-state index contributed by atoms with van der Waals surface area (Å²) in [5, 5.41) is 3.30. The Hall–Kier alpha value is -2.55. The van der Waals surface area contributed by atoms with Crippen molar-refractivity contribution in [1.29, 1.82) is 0 Å². The highest BCUT2D eigenvalue weighted by Crippen LogP contribution is 2.28. The smallest absolute Gasteiger partial charge is 0.264 e. The number of nitrogens with one attached hydrogen (secondary N) is 1. The molecule has 0 bridgehead atoms. The first-order valence-corrected chi connectivity index (χ1v) is 13.7. The molecule has 180 valence electrons. The second-order valence-electron chi connectivity index (χ2n) is 7.64. The molecule has 0 atom stereocenters. The largest absolute Gasteiger partial charge is 0.354 e. The number of halogens is 2. The van der Waals surface area contributed by atoms with Gasteiger partial charge in [0, 0.05) is 17.3 Å². The molecule has 0 unspecified atom stereocenters. The lowest BCUT2D eigenvalue weighted by atomic mass is 10.2. The number of carbonyl (C=O) groups is 1. The predicted molar refractivity (Wildman–Crippen MR) is 137 cm³/mol. The lowest BCUT2D eigenvalue weighted by molar-refractivity contribution is -0.119. The van der Waals surface area contributed by atoms with Crippen LogP contribution in [0.3, 0.4) is 0 Å². The summed E-state index contributed by atoms with van der Waals surface area (Å²) in [6.07, 6.45) is 0.725. The number of hydrogen-bond donors (Lipinski definition) is 1. The van der Waals surface area contributed by atoms with Gasteiger partial charge in [0.2, 0.25) is 5.91 Å². The third-order valence-corrected chi connectivity index (χ3v) is 8.14. The second kappa shape index (κ2) is 12.2. The highest BCUT2D eigenvalue weighted by molar-refractivity contribution is 7.98. The van der Waals surface area contributed by atoms with Crippen LogP contribution in [0.2, 0.25) is 5.02 Å². The first-order valence-electron chi connectivity index (χ1n) is 10.7. The summed E-state index contributed by atoms with van der Waals surface area (Å²) in [6.45, 7) is 1.83. The standard InChI is InChI=1S/C25H26ClFN2O3S2/c1-19-16-21(26)10-13-24(19)29(34(31,32)23-6-3-2-4-7-23)17-25(30)28-14-5-15-33-18-20-8-11-22(27)12-9-20/h2-4,6-13,16H,5,14-15,17-18H2,1H3,(H,28,30). The molecule has 1 N–H and O–H groups in total. The molecule has 0 fully saturated rings. The lowest BCUT2D eigenvalue weighted by Gasteiger charge is -2.25. The van der Waals surface area contributed by atoms with Crippen molar-refractivity contribution in [2.45, 2.75) is 24.0 Å². The van der Waals surface area contributed by atoms with Crippen molar-refractivity contribution in [2.75, 3.05) is 23.1 Å². The molecule has 1 amide bonds. The summed E-state index contributed by atoms with van der Waals surface area (Å²) in [5.74, 6) is 0.915. The minimum Gasteiger partial charge on any atom is -0.354 e. The number of aryl methyl sites for hydroxylation is 1. The summed E-state index contributed by atoms with van der Waals surface area (Å²) < 4.78 is 40.8. The number of rotatable bonds is 11. The van der Waals surface area contributed by atoms with E-state index in [4.69, 9.17) is 11.6 Å². The van der Waals surface area contributed by atoms with Crippen molar-refractivity contribution in [3.8, 4) is 0 Å². The van der Waals surface area contributed by atoms with Crippen LogP contribution in [-0.2, 0) is 20.6 Å². The van der Waals surface area contributed by atoms with Gasteiger partial charge in [-0.2, -0.15) is 11.8 Å². The van der Waals surface area contributed by atoms with E-state index in [1.807, 2.05) is 0 Å². The van der Waals surface area contributed by atoms with Crippen LogP contribution < -0.4 is 9.62 Å². The Balaban J connectivity index is 1.60. The van der Waals surface area contributed by atoms with Gasteiger partial charge < -0.3 is 5.32 Å². The van der Waals surface area contributed by atoms with E-state index in [1.54, 1.807) is 67.2 Å². The number of benzene rings is 3. The van der Waals surface area contributed by atoms with Gasteiger partial charge in [0.1, 0.15) is 12.4 Å². The van der Waals surface area contributed by atoms with Crippen LogP contribution in [0.15, 0.2) is 77.7 Å². The van der Waals surface area contributed by atoms with Crippen LogP contribution in [0.1, 0.15) is 17.5 Å². The van der Waals surface area contributed by atoms with Gasteiger partial charge in [0.25, 0.3) is 10.0 Å². The van der Waals surface area contributed by atoms with E-state index in [1.165, 1.54) is 24.3 Å². The molecule has 0 radical (unpaired) electrons. The van der Waals surface area contributed by atoms with Crippen LogP contribution >= 0.6 is 23.4 Å². The zero-order chi connectivity index (χ0) is 24.6. The third kappa shape index (κ3) is 7.22. The van der Waals surface area contributed by atoms with Crippen LogP contribution in [0.5, 0.6) is 0 Å². The fourth-order valence-corrected chi connectivity index (χ4v) is 5.93. The minimum atomic E-state index is -3.96. The number of hydrogen-bond acceptors (Lipinski definition) is 4. The van der Waals surface area contributed by atoms with E-state index in [0.717, 1.165) is 27.8 Å². The molecule has 0 heterocycles. The van der Waals surface area contributed by atoms with E-state index < -0.39 is 15.9 Å². The van der Waals surface area contributed by atoms with E-state index in [0.29, 0.717) is 22.8 Å². The van der Waals surface area contributed by atoms with Crippen LogP contribution in [0.4, 0.5) is 10.1 Å². The highest BCUT2D eigenvalue weighted by Gasteiger charge is 2.28. The zero-order valence-electron chi connectivity index (χ0n) is 18.7. The molecule has 0 spiro atoms. The van der Waals surface area contributed by atoms with Gasteiger partial charge in [-0.25, -0.2) is 12.8 Å². The van der Waals surface area contributed by atoms with Gasteiger partial charge in [0.05, 0.1) is 10.6 Å². The minimum absolute atomic E-state index is 0.106. The Kier molecular flexibility index (Phi) is 9.38. The number of anilines is 1. The number of carbonyl (C=O) groups excluding carboxylic acids is 1. The third-order valence-electron chi connectivity index (χ3n) is 5.02. The molecule has 9 heteroatoms. The Labute approximate surface area is 209 Å². The van der Waals surface area contributed by atoms with Gasteiger partial charge in [0.15, 0.2) is 0 Å². The molecule has 0 saturated heterocycles. The molecular formula is C25H26ClFN2O3S2. The van der Waals surface area contributed by atoms with Gasteiger partial charge in [-0.1, -0.05) is 41.9 Å². The summed E-state index contributed by atoms with van der Waals surface area (Å²) >= 11 is 7.74. The first-order chi connectivity index (χ1) is 16.3. The van der Waals surface area contributed by atoms with Gasteiger partial charge >= 0.3 is 0 Å². The molecule has 0 aromatic heterocycles. The first kappa shape index (κ1) is 26.1. The van der Waals surface area contributed by atoms with E-state index in [9.17, 15) is 17.6 Å². The molecule has 3 aromatic rings. The number of amides is 1. The van der Waals surface area contributed by atoms with Crippen LogP contribution in [-0.4, -0.2) is 33.2 Å². The molecule has 0 aliphatic carbocycles. The molecule has 0 aliphatic rings. The van der Waals surface area contributed by atoms with Gasteiger partial charge in [-0.05, 0) is 72.7 Å². The van der Waals surface area contributed by atoms with Crippen molar-refractivity contribution in [3.63, 3.8) is 0 Å². The van der Waals surface area contributed by atoms with Gasteiger partial charge in [-0.15, -0.1) is 0 Å². The topological polar surface area (TPSA) is 66.5 Å². The van der Waals surface area contributed by atoms with Crippen LogP contribution in [0.25, 0.3) is 0 Å². The van der Waals surface area contributed by atoms with E-state index in [2.05, 4.69) is 5.32 Å². The number of sulfonamides is 1. The fourth-order valence-electron chi connectivity index (χ4n) is 3.28. The summed E-state index contributed by atoms with van der Waals surface area (Å²) in [4.78, 5) is 12.8. The van der Waals surface area contributed by atoms with Crippen molar-refractivity contribution in [2.24, 2.45) is 0 Å². The molecule has 34 heavy (non-hydrogen) atoms. The summed E-state index contributed by atoms with van der Waals surface area (Å²) in [7, 11) is -3.96. The van der Waals surface area contributed by atoms with Gasteiger partial charge in [-0.3, -0.25) is 9.10 Å². The highest BCUT2D eigenvalue weighted by atomic mass is 35.5. The molecule has 3 rings (SSSR count). The maximum absolute atomic E-state index is 13.4. The second-order valence-corrected chi connectivity index (χ2v) is 11.0. The summed E-state index contributed by atoms with van der Waals surface area (Å²) in [6, 6.07) is 19.3. The van der Waals surface area contributed by atoms with Crippen molar-refractivity contribution >= 4 is 45.0 Å². The molecule has 5 nitrogen and oxygen atoms in total. The normalized spacial score (nSPS) is 11.3. The lowest BCUT2D eigenvalue weighted by Crippen LogP contribution is -2.41. The Morgan fingerprint density at radius 1 is 1.06 bits per heavy atom. The Morgan fingerprint density at radius 3 is 2.44 bits per heavy atom. The van der Waals surface area contributed by atoms with Crippen molar-refractivity contribution in [1.82, 2.24) is 5.32 Å². The van der Waals surface area contributed by atoms with E-state index in [-0.39, 0.29) is 17.3 Å². The Bertz CT molecular complexity index is 1210.